The van der Waals surface area contributed by atoms with E-state index < -0.39 is 0 Å². The predicted octanol–water partition coefficient (Wildman–Crippen LogP) is 9.40. The lowest BCUT2D eigenvalue weighted by atomic mass is 9.95. The van der Waals surface area contributed by atoms with E-state index in [9.17, 15) is 14.7 Å². The molecule has 0 aromatic heterocycles. The summed E-state index contributed by atoms with van der Waals surface area (Å²) in [6, 6.07) is -0.369. The maximum Gasteiger partial charge on any atom is 0.323 e. The van der Waals surface area contributed by atoms with Crippen molar-refractivity contribution in [1.82, 2.24) is 4.90 Å². The van der Waals surface area contributed by atoms with Gasteiger partial charge in [0, 0.05) is 13.0 Å². The Balaban J connectivity index is 4.71. The van der Waals surface area contributed by atoms with Gasteiger partial charge in [0.2, 0.25) is 0 Å². The van der Waals surface area contributed by atoms with Gasteiger partial charge in [-0.15, -0.1) is 0 Å². The number of ether oxygens (including phenoxy) is 2. The zero-order valence-electron chi connectivity index (χ0n) is 28.5. The Hall–Kier alpha value is -1.14. The molecule has 0 rings (SSSR count). The number of rotatable bonds is 32. The zero-order chi connectivity index (χ0) is 31.1. The number of hydrogen-bond acceptors (Lipinski definition) is 6. The molecule has 0 aromatic rings. The van der Waals surface area contributed by atoms with Gasteiger partial charge < -0.3 is 14.6 Å². The van der Waals surface area contributed by atoms with E-state index in [2.05, 4.69) is 27.7 Å². The zero-order valence-corrected chi connectivity index (χ0v) is 28.5. The molecule has 250 valence electrons. The van der Waals surface area contributed by atoms with Gasteiger partial charge in [-0.25, -0.2) is 0 Å². The van der Waals surface area contributed by atoms with E-state index in [4.69, 9.17) is 9.47 Å². The van der Waals surface area contributed by atoms with Gasteiger partial charge >= 0.3 is 11.9 Å². The lowest BCUT2D eigenvalue weighted by Crippen LogP contribution is -2.44. The minimum absolute atomic E-state index is 0.0176. The summed E-state index contributed by atoms with van der Waals surface area (Å²) >= 11 is 0. The van der Waals surface area contributed by atoms with Crippen LogP contribution in [0.2, 0.25) is 0 Å². The first-order chi connectivity index (χ1) is 20.5. The number of carbonyl (C=O) groups is 2. The van der Waals surface area contributed by atoms with Gasteiger partial charge in [0.05, 0.1) is 19.8 Å². The van der Waals surface area contributed by atoms with Crippen molar-refractivity contribution in [2.45, 2.75) is 181 Å². The van der Waals surface area contributed by atoms with E-state index in [1.54, 1.807) is 0 Å². The third-order valence-electron chi connectivity index (χ3n) is 8.41. The number of hydrogen-bond donors (Lipinski definition) is 1. The van der Waals surface area contributed by atoms with Gasteiger partial charge in [0.25, 0.3) is 0 Å². The molecule has 0 amide bonds. The fourth-order valence-electron chi connectivity index (χ4n) is 5.65. The largest absolute Gasteiger partial charge is 0.466 e. The molecule has 0 saturated heterocycles. The predicted molar refractivity (Wildman–Crippen MR) is 177 cm³/mol. The van der Waals surface area contributed by atoms with Gasteiger partial charge in [-0.3, -0.25) is 14.5 Å². The quantitative estimate of drug-likeness (QED) is 0.0615. The van der Waals surface area contributed by atoms with Gasteiger partial charge in [-0.1, -0.05) is 137 Å². The van der Waals surface area contributed by atoms with Crippen LogP contribution in [0.15, 0.2) is 0 Å². The monoisotopic (exact) mass is 598 g/mol. The first-order valence-electron chi connectivity index (χ1n) is 18.2. The van der Waals surface area contributed by atoms with Gasteiger partial charge in [-0.05, 0) is 44.6 Å². The third kappa shape index (κ3) is 24.3. The molecule has 0 aliphatic carbocycles. The van der Waals surface area contributed by atoms with E-state index in [-0.39, 0.29) is 24.6 Å². The molecule has 0 radical (unpaired) electrons. The molecule has 0 heterocycles. The summed E-state index contributed by atoms with van der Waals surface area (Å²) < 4.78 is 11.5. The second-order valence-electron chi connectivity index (χ2n) is 12.4. The molecule has 0 spiro atoms. The Kier molecular flexibility index (Phi) is 30.4. The molecule has 0 aliphatic heterocycles. The SMILES string of the molecule is CCCCCCCCCCOC(=O)CCCN(CCO)C(CCCC)C(=O)OCC(CCCCCC)CCCCCC. The molecular weight excluding hydrogens is 526 g/mol. The summed E-state index contributed by atoms with van der Waals surface area (Å²) in [4.78, 5) is 27.7. The van der Waals surface area contributed by atoms with E-state index >= 15 is 0 Å². The van der Waals surface area contributed by atoms with Crippen LogP contribution in [-0.4, -0.2) is 60.9 Å². The topological polar surface area (TPSA) is 76.1 Å². The first-order valence-corrected chi connectivity index (χ1v) is 18.2. The summed E-state index contributed by atoms with van der Waals surface area (Å²) in [5.74, 6) is 0.0986. The summed E-state index contributed by atoms with van der Waals surface area (Å²) in [5.41, 5.74) is 0. The van der Waals surface area contributed by atoms with Crippen LogP contribution in [0.3, 0.4) is 0 Å². The van der Waals surface area contributed by atoms with Crippen LogP contribution in [0.1, 0.15) is 175 Å². The van der Waals surface area contributed by atoms with Gasteiger partial charge in [-0.2, -0.15) is 0 Å². The fourth-order valence-corrected chi connectivity index (χ4v) is 5.65. The van der Waals surface area contributed by atoms with Crippen molar-refractivity contribution in [2.24, 2.45) is 5.92 Å². The van der Waals surface area contributed by atoms with Crippen LogP contribution < -0.4 is 0 Å². The second-order valence-corrected chi connectivity index (χ2v) is 12.4. The Labute approximate surface area is 261 Å². The maximum atomic E-state index is 13.4. The van der Waals surface area contributed by atoms with Crippen molar-refractivity contribution in [3.63, 3.8) is 0 Å². The van der Waals surface area contributed by atoms with Crippen LogP contribution in [-0.2, 0) is 19.1 Å². The molecule has 0 saturated carbocycles. The van der Waals surface area contributed by atoms with E-state index in [1.165, 1.54) is 89.9 Å². The molecule has 0 bridgehead atoms. The van der Waals surface area contributed by atoms with Crippen molar-refractivity contribution in [3.05, 3.63) is 0 Å². The number of unbranched alkanes of at least 4 members (excludes halogenated alkanes) is 14. The molecule has 0 aromatic carbocycles. The standard InChI is InChI=1S/C36H71NO5/c1-5-9-13-16-17-18-19-22-31-41-35(39)27-23-28-37(29-30-38)34(26-12-8-4)36(40)42-32-33(24-20-14-10-6-2)25-21-15-11-7-3/h33-34,38H,5-32H2,1-4H3. The first kappa shape index (κ1) is 40.9. The molecule has 42 heavy (non-hydrogen) atoms. The molecule has 6 nitrogen and oxygen atoms in total. The third-order valence-corrected chi connectivity index (χ3v) is 8.41. The van der Waals surface area contributed by atoms with Crippen LogP contribution in [0.4, 0.5) is 0 Å². The van der Waals surface area contributed by atoms with Crippen molar-refractivity contribution in [2.75, 3.05) is 32.9 Å². The number of carbonyl (C=O) groups excluding carboxylic acids is 2. The Morgan fingerprint density at radius 3 is 1.67 bits per heavy atom. The van der Waals surface area contributed by atoms with E-state index in [0.29, 0.717) is 45.1 Å². The number of nitrogens with zero attached hydrogens (tertiary/aromatic N) is 1. The van der Waals surface area contributed by atoms with Crippen LogP contribution in [0.25, 0.3) is 0 Å². The Morgan fingerprint density at radius 1 is 0.595 bits per heavy atom. The minimum Gasteiger partial charge on any atom is -0.466 e. The molecule has 0 aliphatic rings. The highest BCUT2D eigenvalue weighted by molar-refractivity contribution is 5.75. The maximum absolute atomic E-state index is 13.4. The molecule has 1 N–H and O–H groups in total. The highest BCUT2D eigenvalue weighted by atomic mass is 16.5. The van der Waals surface area contributed by atoms with Crippen molar-refractivity contribution < 1.29 is 24.2 Å². The summed E-state index contributed by atoms with van der Waals surface area (Å²) in [6.45, 7) is 10.8. The fraction of sp³-hybridized carbons (Fsp3) is 0.944. The second kappa shape index (κ2) is 31.3. The van der Waals surface area contributed by atoms with Gasteiger partial charge in [0.15, 0.2) is 0 Å². The highest BCUT2D eigenvalue weighted by Gasteiger charge is 2.27. The van der Waals surface area contributed by atoms with Crippen molar-refractivity contribution in [3.8, 4) is 0 Å². The summed E-state index contributed by atoms with van der Waals surface area (Å²) in [5, 5.41) is 9.76. The normalized spacial score (nSPS) is 12.3. The van der Waals surface area contributed by atoms with Gasteiger partial charge in [0.1, 0.15) is 6.04 Å². The average molecular weight is 598 g/mol. The number of aliphatic hydroxyl groups is 1. The number of esters is 2. The molecule has 0 fully saturated rings. The summed E-state index contributed by atoms with van der Waals surface area (Å²) in [6.07, 6.45) is 25.5. The average Bonchev–Trinajstić information content (AvgIpc) is 2.99. The minimum atomic E-state index is -0.369. The van der Waals surface area contributed by atoms with Crippen LogP contribution in [0.5, 0.6) is 0 Å². The van der Waals surface area contributed by atoms with E-state index in [1.807, 2.05) is 4.90 Å². The smallest absolute Gasteiger partial charge is 0.323 e. The molecular formula is C36H71NO5. The lowest BCUT2D eigenvalue weighted by Gasteiger charge is -2.30. The Morgan fingerprint density at radius 2 is 1.12 bits per heavy atom. The van der Waals surface area contributed by atoms with Crippen LogP contribution >= 0.6 is 0 Å². The molecule has 6 heteroatoms. The van der Waals surface area contributed by atoms with Crippen LogP contribution in [0, 0.1) is 5.92 Å². The Bertz CT molecular complexity index is 587. The number of aliphatic hydroxyl groups excluding tert-OH is 1. The highest BCUT2D eigenvalue weighted by Crippen LogP contribution is 2.20. The summed E-state index contributed by atoms with van der Waals surface area (Å²) in [7, 11) is 0. The lowest BCUT2D eigenvalue weighted by molar-refractivity contribution is -0.152. The van der Waals surface area contributed by atoms with Crippen molar-refractivity contribution >= 4 is 11.9 Å². The van der Waals surface area contributed by atoms with E-state index in [0.717, 1.165) is 44.9 Å². The molecule has 1 unspecified atom stereocenters. The molecule has 1 atom stereocenters. The van der Waals surface area contributed by atoms with Crippen molar-refractivity contribution in [1.29, 1.82) is 0 Å².